The fraction of sp³-hybridized carbons (Fsp3) is 0.500. The summed E-state index contributed by atoms with van der Waals surface area (Å²) >= 11 is 0. The smallest absolute Gasteiger partial charge is 0.211 e. The average Bonchev–Trinajstić information content (AvgIpc) is 2.39. The summed E-state index contributed by atoms with van der Waals surface area (Å²) in [7, 11) is -3.29. The number of hydrogen-bond donors (Lipinski definition) is 1. The van der Waals surface area contributed by atoms with Crippen LogP contribution in [0.25, 0.3) is 0 Å². The highest BCUT2D eigenvalue weighted by atomic mass is 32.2. The third-order valence-corrected chi connectivity index (χ3v) is 4.38. The summed E-state index contributed by atoms with van der Waals surface area (Å²) in [6.07, 6.45) is 2.09. The standard InChI is InChI=1S/C14H20N2O2S/c1-2-14(12-13-8-4-3-5-9-13)16-19(17,18)11-7-6-10-15/h3-5,8-9,14,16H,2,6-7,11-12H2,1H3/t14-/m0/s1. The van der Waals surface area contributed by atoms with Crippen LogP contribution < -0.4 is 4.72 Å². The summed E-state index contributed by atoms with van der Waals surface area (Å²) < 4.78 is 26.4. The highest BCUT2D eigenvalue weighted by Crippen LogP contribution is 2.07. The molecule has 0 spiro atoms. The molecule has 0 aromatic heterocycles. The number of nitrogens with one attached hydrogen (secondary N) is 1. The van der Waals surface area contributed by atoms with E-state index in [9.17, 15) is 8.42 Å². The van der Waals surface area contributed by atoms with E-state index in [-0.39, 0.29) is 18.2 Å². The van der Waals surface area contributed by atoms with Crippen LogP contribution in [0.3, 0.4) is 0 Å². The lowest BCUT2D eigenvalue weighted by molar-refractivity contribution is 0.535. The normalized spacial score (nSPS) is 12.8. The van der Waals surface area contributed by atoms with Gasteiger partial charge < -0.3 is 0 Å². The lowest BCUT2D eigenvalue weighted by atomic mass is 10.1. The van der Waals surface area contributed by atoms with Gasteiger partial charge in [-0.2, -0.15) is 5.26 Å². The van der Waals surface area contributed by atoms with E-state index in [1.807, 2.05) is 43.3 Å². The Morgan fingerprint density at radius 2 is 2.00 bits per heavy atom. The van der Waals surface area contributed by atoms with Crippen molar-refractivity contribution >= 4 is 10.0 Å². The van der Waals surface area contributed by atoms with Gasteiger partial charge in [0, 0.05) is 12.5 Å². The van der Waals surface area contributed by atoms with E-state index in [0.29, 0.717) is 12.8 Å². The fourth-order valence-corrected chi connectivity index (χ4v) is 3.22. The second-order valence-corrected chi connectivity index (χ2v) is 6.37. The Hall–Kier alpha value is -1.38. The number of hydrogen-bond acceptors (Lipinski definition) is 3. The van der Waals surface area contributed by atoms with Crippen molar-refractivity contribution < 1.29 is 8.42 Å². The average molecular weight is 280 g/mol. The van der Waals surface area contributed by atoms with E-state index in [4.69, 9.17) is 5.26 Å². The molecule has 4 nitrogen and oxygen atoms in total. The van der Waals surface area contributed by atoms with Crippen LogP contribution in [0, 0.1) is 11.3 Å². The minimum atomic E-state index is -3.29. The molecule has 19 heavy (non-hydrogen) atoms. The molecule has 0 heterocycles. The van der Waals surface area contributed by atoms with Crippen LogP contribution in [0.2, 0.25) is 0 Å². The second kappa shape index (κ2) is 7.93. The van der Waals surface area contributed by atoms with Crippen molar-refractivity contribution in [3.63, 3.8) is 0 Å². The van der Waals surface area contributed by atoms with Crippen molar-refractivity contribution in [1.29, 1.82) is 5.26 Å². The molecule has 1 aromatic carbocycles. The van der Waals surface area contributed by atoms with Crippen molar-refractivity contribution in [2.75, 3.05) is 5.75 Å². The molecule has 0 unspecified atom stereocenters. The molecule has 5 heteroatoms. The fourth-order valence-electron chi connectivity index (χ4n) is 1.82. The van der Waals surface area contributed by atoms with Crippen LogP contribution in [0.1, 0.15) is 31.7 Å². The van der Waals surface area contributed by atoms with E-state index in [2.05, 4.69) is 4.72 Å². The SMILES string of the molecule is CC[C@@H](Cc1ccccc1)NS(=O)(=O)CCCC#N. The maximum atomic E-state index is 11.8. The first-order valence-corrected chi connectivity index (χ1v) is 8.13. The molecule has 1 N–H and O–H groups in total. The molecule has 0 saturated heterocycles. The number of nitriles is 1. The Morgan fingerprint density at radius 3 is 2.58 bits per heavy atom. The van der Waals surface area contributed by atoms with Crippen LogP contribution >= 0.6 is 0 Å². The Labute approximate surface area is 115 Å². The van der Waals surface area contributed by atoms with Crippen LogP contribution in [0.5, 0.6) is 0 Å². The van der Waals surface area contributed by atoms with E-state index < -0.39 is 10.0 Å². The van der Waals surface area contributed by atoms with Gasteiger partial charge in [0.05, 0.1) is 11.8 Å². The first kappa shape index (κ1) is 15.7. The summed E-state index contributed by atoms with van der Waals surface area (Å²) in [5, 5.41) is 8.42. The van der Waals surface area contributed by atoms with Crippen molar-refractivity contribution in [2.45, 2.75) is 38.6 Å². The zero-order valence-corrected chi connectivity index (χ0v) is 12.0. The molecule has 0 radical (unpaired) electrons. The molecule has 0 amide bonds. The number of nitrogens with zero attached hydrogens (tertiary/aromatic N) is 1. The molecule has 0 saturated carbocycles. The molecule has 1 atom stereocenters. The first-order chi connectivity index (χ1) is 9.07. The number of sulfonamides is 1. The van der Waals surface area contributed by atoms with Crippen LogP contribution in [-0.4, -0.2) is 20.2 Å². The van der Waals surface area contributed by atoms with Crippen molar-refractivity contribution in [3.05, 3.63) is 35.9 Å². The number of benzene rings is 1. The van der Waals surface area contributed by atoms with Gasteiger partial charge >= 0.3 is 0 Å². The van der Waals surface area contributed by atoms with Gasteiger partial charge in [-0.05, 0) is 24.8 Å². The molecular weight excluding hydrogens is 260 g/mol. The number of unbranched alkanes of at least 4 members (excludes halogenated alkanes) is 1. The van der Waals surface area contributed by atoms with E-state index in [0.717, 1.165) is 12.0 Å². The molecular formula is C14H20N2O2S. The zero-order valence-electron chi connectivity index (χ0n) is 11.2. The third-order valence-electron chi connectivity index (χ3n) is 2.87. The maximum absolute atomic E-state index is 11.8. The quantitative estimate of drug-likeness (QED) is 0.742. The molecule has 0 aliphatic heterocycles. The van der Waals surface area contributed by atoms with Gasteiger partial charge in [-0.15, -0.1) is 0 Å². The summed E-state index contributed by atoms with van der Waals surface area (Å²) in [4.78, 5) is 0. The monoisotopic (exact) mass is 280 g/mol. The van der Waals surface area contributed by atoms with Gasteiger partial charge in [0.2, 0.25) is 10.0 Å². The van der Waals surface area contributed by atoms with Gasteiger partial charge in [-0.25, -0.2) is 13.1 Å². The third kappa shape index (κ3) is 6.37. The molecule has 0 fully saturated rings. The van der Waals surface area contributed by atoms with E-state index in [1.165, 1.54) is 0 Å². The maximum Gasteiger partial charge on any atom is 0.211 e. The summed E-state index contributed by atoms with van der Waals surface area (Å²) in [6, 6.07) is 11.7. The molecule has 104 valence electrons. The summed E-state index contributed by atoms with van der Waals surface area (Å²) in [5.41, 5.74) is 1.12. The minimum absolute atomic E-state index is 0.0197. The van der Waals surface area contributed by atoms with E-state index in [1.54, 1.807) is 0 Å². The minimum Gasteiger partial charge on any atom is -0.212 e. The predicted molar refractivity (Wildman–Crippen MR) is 76.0 cm³/mol. The topological polar surface area (TPSA) is 70.0 Å². The van der Waals surface area contributed by atoms with Gasteiger partial charge in [0.25, 0.3) is 0 Å². The lowest BCUT2D eigenvalue weighted by Crippen LogP contribution is -2.37. The molecule has 0 bridgehead atoms. The first-order valence-electron chi connectivity index (χ1n) is 6.48. The zero-order chi connectivity index (χ0) is 14.1. The molecule has 0 aliphatic carbocycles. The van der Waals surface area contributed by atoms with Crippen LogP contribution in [0.4, 0.5) is 0 Å². The predicted octanol–water partition coefficient (Wildman–Crippen LogP) is 2.23. The Bertz CT molecular complexity index is 506. The highest BCUT2D eigenvalue weighted by Gasteiger charge is 2.16. The molecule has 1 aromatic rings. The Kier molecular flexibility index (Phi) is 6.54. The molecule has 0 aliphatic rings. The Balaban J connectivity index is 2.54. The highest BCUT2D eigenvalue weighted by molar-refractivity contribution is 7.89. The second-order valence-electron chi connectivity index (χ2n) is 4.49. The van der Waals surface area contributed by atoms with Gasteiger partial charge in [0.15, 0.2) is 0 Å². The summed E-state index contributed by atoms with van der Waals surface area (Å²) in [5.74, 6) is 0.0197. The number of rotatable bonds is 8. The lowest BCUT2D eigenvalue weighted by Gasteiger charge is -2.17. The largest absolute Gasteiger partial charge is 0.212 e. The van der Waals surface area contributed by atoms with Crippen molar-refractivity contribution in [1.82, 2.24) is 4.72 Å². The van der Waals surface area contributed by atoms with Crippen LogP contribution in [0.15, 0.2) is 30.3 Å². The van der Waals surface area contributed by atoms with Crippen molar-refractivity contribution in [3.8, 4) is 6.07 Å². The van der Waals surface area contributed by atoms with Gasteiger partial charge in [-0.3, -0.25) is 0 Å². The van der Waals surface area contributed by atoms with Crippen molar-refractivity contribution in [2.24, 2.45) is 0 Å². The Morgan fingerprint density at radius 1 is 1.32 bits per heavy atom. The van der Waals surface area contributed by atoms with E-state index >= 15 is 0 Å². The van der Waals surface area contributed by atoms with Crippen LogP contribution in [-0.2, 0) is 16.4 Å². The van der Waals surface area contributed by atoms with Gasteiger partial charge in [0.1, 0.15) is 0 Å². The van der Waals surface area contributed by atoms with Gasteiger partial charge in [-0.1, -0.05) is 37.3 Å². The molecule has 1 rings (SSSR count). The summed E-state index contributed by atoms with van der Waals surface area (Å²) in [6.45, 7) is 1.96.